The van der Waals surface area contributed by atoms with E-state index in [9.17, 15) is 4.79 Å². The van der Waals surface area contributed by atoms with Gasteiger partial charge in [0.15, 0.2) is 4.67 Å². The number of hydrogen-bond donors (Lipinski definition) is 1. The van der Waals surface area contributed by atoms with Crippen molar-refractivity contribution in [2.24, 2.45) is 0 Å². The normalized spacial score (nSPS) is 16.3. The summed E-state index contributed by atoms with van der Waals surface area (Å²) in [6, 6.07) is 1.71. The van der Waals surface area contributed by atoms with Crippen molar-refractivity contribution in [1.29, 1.82) is 0 Å². The van der Waals surface area contributed by atoms with Gasteiger partial charge in [-0.2, -0.15) is 0 Å². The van der Waals surface area contributed by atoms with Crippen LogP contribution in [0, 0.1) is 6.92 Å². The molecular weight excluding hydrogens is 248 g/mol. The molecule has 0 bridgehead atoms. The van der Waals surface area contributed by atoms with Gasteiger partial charge in [-0.3, -0.25) is 9.80 Å². The van der Waals surface area contributed by atoms with E-state index in [0.717, 1.165) is 19.5 Å². The maximum atomic E-state index is 11.9. The fourth-order valence-corrected chi connectivity index (χ4v) is 1.98. The van der Waals surface area contributed by atoms with Crippen LogP contribution in [-0.2, 0) is 0 Å². The SMILES string of the molecule is Cc1oc(Br)cc1C(=O)N1CCCN1. The highest BCUT2D eigenvalue weighted by Gasteiger charge is 2.22. The van der Waals surface area contributed by atoms with E-state index < -0.39 is 0 Å². The monoisotopic (exact) mass is 258 g/mol. The summed E-state index contributed by atoms with van der Waals surface area (Å²) in [7, 11) is 0. The number of carbonyl (C=O) groups is 1. The number of rotatable bonds is 1. The highest BCUT2D eigenvalue weighted by Crippen LogP contribution is 2.21. The van der Waals surface area contributed by atoms with Crippen molar-refractivity contribution >= 4 is 21.8 Å². The third-order valence-corrected chi connectivity index (χ3v) is 2.62. The summed E-state index contributed by atoms with van der Waals surface area (Å²) in [5.74, 6) is 0.630. The third kappa shape index (κ3) is 1.69. The number of amides is 1. The van der Waals surface area contributed by atoms with Crippen molar-refractivity contribution in [3.8, 4) is 0 Å². The van der Waals surface area contributed by atoms with E-state index in [2.05, 4.69) is 21.4 Å². The minimum absolute atomic E-state index is 0.0190. The molecule has 0 unspecified atom stereocenters. The van der Waals surface area contributed by atoms with Crippen molar-refractivity contribution in [2.75, 3.05) is 13.1 Å². The van der Waals surface area contributed by atoms with Gasteiger partial charge in [-0.1, -0.05) is 0 Å². The van der Waals surface area contributed by atoms with E-state index in [4.69, 9.17) is 4.42 Å². The fourth-order valence-electron chi connectivity index (χ4n) is 1.51. The van der Waals surface area contributed by atoms with Gasteiger partial charge in [-0.05, 0) is 29.3 Å². The molecule has 14 heavy (non-hydrogen) atoms. The zero-order chi connectivity index (χ0) is 10.1. The number of carbonyl (C=O) groups excluding carboxylic acids is 1. The quantitative estimate of drug-likeness (QED) is 0.834. The van der Waals surface area contributed by atoms with Crippen LogP contribution in [0.15, 0.2) is 15.2 Å². The molecule has 1 aromatic rings. The first-order valence-electron chi connectivity index (χ1n) is 4.50. The van der Waals surface area contributed by atoms with Crippen LogP contribution < -0.4 is 5.43 Å². The van der Waals surface area contributed by atoms with Gasteiger partial charge in [0.25, 0.3) is 5.91 Å². The summed E-state index contributed by atoms with van der Waals surface area (Å²) in [5, 5.41) is 1.63. The summed E-state index contributed by atoms with van der Waals surface area (Å²) in [6.45, 7) is 3.42. The second kappa shape index (κ2) is 3.74. The van der Waals surface area contributed by atoms with Crippen molar-refractivity contribution in [2.45, 2.75) is 13.3 Å². The summed E-state index contributed by atoms with van der Waals surface area (Å²) in [6.07, 6.45) is 1.00. The van der Waals surface area contributed by atoms with E-state index >= 15 is 0 Å². The molecule has 0 aliphatic carbocycles. The number of halogens is 1. The molecule has 1 aliphatic rings. The molecular formula is C9H11BrN2O2. The van der Waals surface area contributed by atoms with Gasteiger partial charge >= 0.3 is 0 Å². The molecule has 1 fully saturated rings. The molecule has 0 saturated carbocycles. The molecule has 2 heterocycles. The Morgan fingerprint density at radius 1 is 1.71 bits per heavy atom. The number of hydrazine groups is 1. The average molecular weight is 259 g/mol. The standard InChI is InChI=1S/C9H11BrN2O2/c1-6-7(5-8(10)14-6)9(13)12-4-2-3-11-12/h5,11H,2-4H2,1H3. The number of aryl methyl sites for hydroxylation is 1. The molecule has 0 spiro atoms. The van der Waals surface area contributed by atoms with Crippen LogP contribution >= 0.6 is 15.9 Å². The van der Waals surface area contributed by atoms with Crippen LogP contribution in [0.25, 0.3) is 0 Å². The van der Waals surface area contributed by atoms with Crippen LogP contribution in [0.5, 0.6) is 0 Å². The van der Waals surface area contributed by atoms with Crippen LogP contribution in [0.1, 0.15) is 22.5 Å². The lowest BCUT2D eigenvalue weighted by atomic mass is 10.2. The Labute approximate surface area is 90.4 Å². The Balaban J connectivity index is 2.21. The van der Waals surface area contributed by atoms with Gasteiger partial charge in [-0.25, -0.2) is 5.43 Å². The number of hydrogen-bond acceptors (Lipinski definition) is 3. The molecule has 1 aliphatic heterocycles. The third-order valence-electron chi connectivity index (χ3n) is 2.22. The zero-order valence-electron chi connectivity index (χ0n) is 7.84. The summed E-state index contributed by atoms with van der Waals surface area (Å²) in [5.41, 5.74) is 3.64. The van der Waals surface area contributed by atoms with Crippen LogP contribution in [-0.4, -0.2) is 24.0 Å². The molecule has 0 radical (unpaired) electrons. The van der Waals surface area contributed by atoms with Crippen LogP contribution in [0.4, 0.5) is 0 Å². The van der Waals surface area contributed by atoms with E-state index in [1.165, 1.54) is 0 Å². The van der Waals surface area contributed by atoms with Gasteiger partial charge in [0, 0.05) is 19.2 Å². The predicted molar refractivity (Wildman–Crippen MR) is 54.8 cm³/mol. The van der Waals surface area contributed by atoms with Crippen molar-refractivity contribution in [3.63, 3.8) is 0 Å². The lowest BCUT2D eigenvalue weighted by Crippen LogP contribution is -2.36. The molecule has 1 saturated heterocycles. The van der Waals surface area contributed by atoms with E-state index in [0.29, 0.717) is 16.0 Å². The molecule has 5 heteroatoms. The Morgan fingerprint density at radius 3 is 3.00 bits per heavy atom. The van der Waals surface area contributed by atoms with Crippen LogP contribution in [0.2, 0.25) is 0 Å². The smallest absolute Gasteiger partial charge is 0.271 e. The maximum Gasteiger partial charge on any atom is 0.271 e. The summed E-state index contributed by atoms with van der Waals surface area (Å²) in [4.78, 5) is 11.9. The molecule has 76 valence electrons. The Bertz CT molecular complexity index is 356. The minimum atomic E-state index is -0.0190. The van der Waals surface area contributed by atoms with Crippen molar-refractivity contribution < 1.29 is 9.21 Å². The second-order valence-corrected chi connectivity index (χ2v) is 4.02. The van der Waals surface area contributed by atoms with Gasteiger partial charge in [-0.15, -0.1) is 0 Å². The minimum Gasteiger partial charge on any atom is -0.454 e. The highest BCUT2D eigenvalue weighted by atomic mass is 79.9. The van der Waals surface area contributed by atoms with Gasteiger partial charge < -0.3 is 4.42 Å². The summed E-state index contributed by atoms with van der Waals surface area (Å²) >= 11 is 3.20. The molecule has 0 aromatic carbocycles. The molecule has 0 atom stereocenters. The highest BCUT2D eigenvalue weighted by molar-refractivity contribution is 9.10. The second-order valence-electron chi connectivity index (χ2n) is 3.24. The predicted octanol–water partition coefficient (Wildman–Crippen LogP) is 1.70. The Kier molecular flexibility index (Phi) is 2.60. The fraction of sp³-hybridized carbons (Fsp3) is 0.444. The first-order valence-corrected chi connectivity index (χ1v) is 5.29. The Hall–Kier alpha value is -0.810. The first kappa shape index (κ1) is 9.73. The number of nitrogens with one attached hydrogen (secondary N) is 1. The lowest BCUT2D eigenvalue weighted by Gasteiger charge is -2.14. The number of furan rings is 1. The Morgan fingerprint density at radius 2 is 2.50 bits per heavy atom. The molecule has 1 aromatic heterocycles. The average Bonchev–Trinajstić information content (AvgIpc) is 2.73. The van der Waals surface area contributed by atoms with Crippen LogP contribution in [0.3, 0.4) is 0 Å². The van der Waals surface area contributed by atoms with Gasteiger partial charge in [0.05, 0.1) is 5.56 Å². The molecule has 4 nitrogen and oxygen atoms in total. The van der Waals surface area contributed by atoms with Gasteiger partial charge in [0.2, 0.25) is 0 Å². The van der Waals surface area contributed by atoms with E-state index in [1.54, 1.807) is 18.0 Å². The van der Waals surface area contributed by atoms with E-state index in [-0.39, 0.29) is 5.91 Å². The summed E-state index contributed by atoms with van der Waals surface area (Å²) < 4.78 is 5.83. The molecule has 1 N–H and O–H groups in total. The topological polar surface area (TPSA) is 45.5 Å². The molecule has 1 amide bonds. The van der Waals surface area contributed by atoms with Gasteiger partial charge in [0.1, 0.15) is 5.76 Å². The van der Waals surface area contributed by atoms with E-state index in [1.807, 2.05) is 0 Å². The van der Waals surface area contributed by atoms with Crippen molar-refractivity contribution in [3.05, 3.63) is 22.1 Å². The zero-order valence-corrected chi connectivity index (χ0v) is 9.43. The number of nitrogens with zero attached hydrogens (tertiary/aromatic N) is 1. The maximum absolute atomic E-state index is 11.9. The first-order chi connectivity index (χ1) is 6.68. The largest absolute Gasteiger partial charge is 0.454 e. The lowest BCUT2D eigenvalue weighted by molar-refractivity contribution is 0.0724. The van der Waals surface area contributed by atoms with Crippen molar-refractivity contribution in [1.82, 2.24) is 10.4 Å². The molecule has 2 rings (SSSR count).